The molecule has 0 radical (unpaired) electrons. The van der Waals surface area contributed by atoms with Gasteiger partial charge in [-0.1, -0.05) is 17.7 Å². The van der Waals surface area contributed by atoms with Gasteiger partial charge in [-0.25, -0.2) is 8.78 Å². The topological polar surface area (TPSA) is 0 Å². The first-order valence-electron chi connectivity index (χ1n) is 3.90. The summed E-state index contributed by atoms with van der Waals surface area (Å²) in [4.78, 5) is 0. The molecule has 13 heavy (non-hydrogen) atoms. The summed E-state index contributed by atoms with van der Waals surface area (Å²) in [5.41, 5.74) is 0.224. The second-order valence-corrected chi connectivity index (χ2v) is 3.03. The van der Waals surface area contributed by atoms with Crippen molar-refractivity contribution in [3.63, 3.8) is 0 Å². The van der Waals surface area contributed by atoms with Gasteiger partial charge in [-0.05, 0) is 25.0 Å². The monoisotopic (exact) mass is 202 g/mol. The molecule has 0 saturated heterocycles. The van der Waals surface area contributed by atoms with Crippen LogP contribution >= 0.6 is 11.6 Å². The van der Waals surface area contributed by atoms with Crippen molar-refractivity contribution < 1.29 is 8.78 Å². The lowest BCUT2D eigenvalue weighted by Gasteiger charge is -2.04. The molecule has 0 nitrogen and oxygen atoms in total. The highest BCUT2D eigenvalue weighted by molar-refractivity contribution is 6.31. The Kier molecular flexibility index (Phi) is 3.43. The molecule has 0 bridgehead atoms. The first-order valence-corrected chi connectivity index (χ1v) is 4.28. The molecule has 0 heterocycles. The molecule has 1 aromatic carbocycles. The van der Waals surface area contributed by atoms with Crippen LogP contribution in [0.2, 0.25) is 5.02 Å². The standard InChI is InChI=1S/C10H9ClF2/c1-2-3-4-7-8(12)5-6-9(13)10(7)11/h2,5-6H,1,3-4H2. The molecule has 0 aliphatic heterocycles. The summed E-state index contributed by atoms with van der Waals surface area (Å²) in [7, 11) is 0. The predicted octanol–water partition coefficient (Wildman–Crippen LogP) is 3.74. The lowest BCUT2D eigenvalue weighted by Crippen LogP contribution is -1.93. The van der Waals surface area contributed by atoms with Crippen LogP contribution in [0.25, 0.3) is 0 Å². The number of rotatable bonds is 3. The normalized spacial score (nSPS) is 10.1. The first-order chi connectivity index (χ1) is 6.16. The summed E-state index contributed by atoms with van der Waals surface area (Å²) in [6.45, 7) is 3.50. The van der Waals surface area contributed by atoms with Crippen molar-refractivity contribution in [1.82, 2.24) is 0 Å². The van der Waals surface area contributed by atoms with Crippen molar-refractivity contribution in [2.24, 2.45) is 0 Å². The van der Waals surface area contributed by atoms with Crippen LogP contribution < -0.4 is 0 Å². The minimum absolute atomic E-state index is 0.123. The molecule has 0 fully saturated rings. The van der Waals surface area contributed by atoms with E-state index < -0.39 is 11.6 Å². The summed E-state index contributed by atoms with van der Waals surface area (Å²) in [6.07, 6.45) is 2.60. The number of allylic oxidation sites excluding steroid dienone is 1. The van der Waals surface area contributed by atoms with Crippen LogP contribution in [-0.4, -0.2) is 0 Å². The van der Waals surface area contributed by atoms with Crippen molar-refractivity contribution in [2.45, 2.75) is 12.8 Å². The van der Waals surface area contributed by atoms with Gasteiger partial charge in [-0.3, -0.25) is 0 Å². The van der Waals surface area contributed by atoms with E-state index in [2.05, 4.69) is 6.58 Å². The largest absolute Gasteiger partial charge is 0.207 e. The van der Waals surface area contributed by atoms with Crippen LogP contribution in [0.15, 0.2) is 24.8 Å². The zero-order valence-corrected chi connectivity index (χ0v) is 7.74. The number of benzene rings is 1. The Balaban J connectivity index is 3.02. The van der Waals surface area contributed by atoms with Gasteiger partial charge in [0, 0.05) is 5.56 Å². The fourth-order valence-corrected chi connectivity index (χ4v) is 1.29. The third-order valence-electron chi connectivity index (χ3n) is 1.74. The summed E-state index contributed by atoms with van der Waals surface area (Å²) in [6, 6.07) is 2.11. The van der Waals surface area contributed by atoms with Gasteiger partial charge in [0.2, 0.25) is 0 Å². The van der Waals surface area contributed by atoms with E-state index in [0.717, 1.165) is 12.1 Å². The van der Waals surface area contributed by atoms with Crippen molar-refractivity contribution in [1.29, 1.82) is 0 Å². The van der Waals surface area contributed by atoms with E-state index in [0.29, 0.717) is 12.8 Å². The lowest BCUT2D eigenvalue weighted by molar-refractivity contribution is 0.585. The zero-order chi connectivity index (χ0) is 9.84. The fourth-order valence-electron chi connectivity index (χ4n) is 1.04. The second kappa shape index (κ2) is 4.38. The van der Waals surface area contributed by atoms with Crippen LogP contribution in [0.5, 0.6) is 0 Å². The Hall–Kier alpha value is -0.890. The van der Waals surface area contributed by atoms with Crippen LogP contribution in [0.4, 0.5) is 8.78 Å². The highest BCUT2D eigenvalue weighted by atomic mass is 35.5. The van der Waals surface area contributed by atoms with E-state index in [1.165, 1.54) is 0 Å². The maximum absolute atomic E-state index is 13.1. The summed E-state index contributed by atoms with van der Waals surface area (Å²) >= 11 is 5.58. The van der Waals surface area contributed by atoms with E-state index >= 15 is 0 Å². The van der Waals surface area contributed by atoms with Gasteiger partial charge >= 0.3 is 0 Å². The Bertz CT molecular complexity index is 321. The van der Waals surface area contributed by atoms with E-state index in [4.69, 9.17) is 11.6 Å². The summed E-state index contributed by atoms with van der Waals surface area (Å²) < 4.78 is 25.9. The quantitative estimate of drug-likeness (QED) is 0.518. The van der Waals surface area contributed by atoms with Crippen LogP contribution in [0.3, 0.4) is 0 Å². The van der Waals surface area contributed by atoms with Gasteiger partial charge in [-0.15, -0.1) is 6.58 Å². The number of hydrogen-bond donors (Lipinski definition) is 0. The minimum Gasteiger partial charge on any atom is -0.207 e. The Morgan fingerprint density at radius 3 is 2.54 bits per heavy atom. The molecule has 0 N–H and O–H groups in total. The molecule has 0 aromatic heterocycles. The number of halogens is 3. The van der Waals surface area contributed by atoms with E-state index in [-0.39, 0.29) is 10.6 Å². The van der Waals surface area contributed by atoms with Crippen molar-refractivity contribution in [3.8, 4) is 0 Å². The van der Waals surface area contributed by atoms with Crippen LogP contribution in [0.1, 0.15) is 12.0 Å². The van der Waals surface area contributed by atoms with Gasteiger partial charge < -0.3 is 0 Å². The average Bonchev–Trinajstić information content (AvgIpc) is 2.12. The van der Waals surface area contributed by atoms with Crippen molar-refractivity contribution in [2.75, 3.05) is 0 Å². The molecule has 0 amide bonds. The second-order valence-electron chi connectivity index (χ2n) is 2.65. The molecular weight excluding hydrogens is 194 g/mol. The highest BCUT2D eigenvalue weighted by Gasteiger charge is 2.10. The van der Waals surface area contributed by atoms with Gasteiger partial charge in [0.15, 0.2) is 0 Å². The smallest absolute Gasteiger partial charge is 0.142 e. The van der Waals surface area contributed by atoms with Crippen LogP contribution in [0, 0.1) is 11.6 Å². The van der Waals surface area contributed by atoms with Crippen LogP contribution in [-0.2, 0) is 6.42 Å². The maximum atomic E-state index is 13.1. The molecule has 1 rings (SSSR count). The fraction of sp³-hybridized carbons (Fsp3) is 0.200. The molecule has 0 unspecified atom stereocenters. The average molecular weight is 203 g/mol. The predicted molar refractivity (Wildman–Crippen MR) is 49.9 cm³/mol. The first kappa shape index (κ1) is 10.2. The molecule has 0 atom stereocenters. The van der Waals surface area contributed by atoms with Gasteiger partial charge in [0.25, 0.3) is 0 Å². The third-order valence-corrected chi connectivity index (χ3v) is 2.15. The molecule has 3 heteroatoms. The van der Waals surface area contributed by atoms with E-state index in [1.807, 2.05) is 0 Å². The zero-order valence-electron chi connectivity index (χ0n) is 6.99. The molecule has 0 spiro atoms. The highest BCUT2D eigenvalue weighted by Crippen LogP contribution is 2.23. The molecule has 0 saturated carbocycles. The van der Waals surface area contributed by atoms with Crippen molar-refractivity contribution in [3.05, 3.63) is 47.0 Å². The van der Waals surface area contributed by atoms with Crippen molar-refractivity contribution >= 4 is 11.6 Å². The Morgan fingerprint density at radius 2 is 1.92 bits per heavy atom. The maximum Gasteiger partial charge on any atom is 0.142 e. The molecule has 1 aromatic rings. The van der Waals surface area contributed by atoms with Gasteiger partial charge in [-0.2, -0.15) is 0 Å². The van der Waals surface area contributed by atoms with E-state index in [1.54, 1.807) is 6.08 Å². The SMILES string of the molecule is C=CCCc1c(F)ccc(F)c1Cl. The molecule has 70 valence electrons. The minimum atomic E-state index is -0.581. The number of hydrogen-bond acceptors (Lipinski definition) is 0. The van der Waals surface area contributed by atoms with E-state index in [9.17, 15) is 8.78 Å². The molecule has 0 aliphatic carbocycles. The van der Waals surface area contributed by atoms with Gasteiger partial charge in [0.1, 0.15) is 11.6 Å². The summed E-state index contributed by atoms with van der Waals surface area (Å²) in [5.74, 6) is -1.05. The molecular formula is C10H9ClF2. The summed E-state index contributed by atoms with van der Waals surface area (Å²) in [5, 5.41) is -0.123. The lowest BCUT2D eigenvalue weighted by atomic mass is 10.1. The van der Waals surface area contributed by atoms with Gasteiger partial charge in [0.05, 0.1) is 5.02 Å². The molecule has 0 aliphatic rings. The Labute approximate surface area is 80.8 Å². The Morgan fingerprint density at radius 1 is 1.31 bits per heavy atom. The third kappa shape index (κ3) is 2.28.